The van der Waals surface area contributed by atoms with Crippen LogP contribution in [0.3, 0.4) is 0 Å². The maximum Gasteiger partial charge on any atom is 0.115 e. The SMILES string of the molecule is CN(Cc1ccccc1)Cc1cccc(O)c1.Cl. The fourth-order valence-electron chi connectivity index (χ4n) is 1.92. The molecule has 0 bridgehead atoms. The summed E-state index contributed by atoms with van der Waals surface area (Å²) in [6.45, 7) is 1.75. The molecule has 2 rings (SSSR count). The quantitative estimate of drug-likeness (QED) is 0.913. The topological polar surface area (TPSA) is 23.5 Å². The summed E-state index contributed by atoms with van der Waals surface area (Å²) in [5, 5.41) is 9.40. The van der Waals surface area contributed by atoms with Gasteiger partial charge in [0.2, 0.25) is 0 Å². The molecule has 0 aliphatic carbocycles. The monoisotopic (exact) mass is 263 g/mol. The van der Waals surface area contributed by atoms with Gasteiger partial charge in [0, 0.05) is 13.1 Å². The van der Waals surface area contributed by atoms with Crippen LogP contribution in [0.5, 0.6) is 5.75 Å². The molecular formula is C15H18ClNO. The van der Waals surface area contributed by atoms with Crippen molar-refractivity contribution < 1.29 is 5.11 Å². The van der Waals surface area contributed by atoms with Crippen molar-refractivity contribution in [2.24, 2.45) is 0 Å². The molecule has 0 amide bonds. The lowest BCUT2D eigenvalue weighted by molar-refractivity contribution is 0.318. The fraction of sp³-hybridized carbons (Fsp3) is 0.200. The number of phenolic OH excluding ortho intramolecular Hbond substituents is 1. The Bertz CT molecular complexity index is 473. The molecule has 1 N–H and O–H groups in total. The molecule has 0 radical (unpaired) electrons. The van der Waals surface area contributed by atoms with Gasteiger partial charge in [0.05, 0.1) is 0 Å². The van der Waals surface area contributed by atoms with Crippen LogP contribution in [0.4, 0.5) is 0 Å². The molecule has 0 saturated heterocycles. The largest absolute Gasteiger partial charge is 0.508 e. The van der Waals surface area contributed by atoms with E-state index in [2.05, 4.69) is 36.2 Å². The second kappa shape index (κ2) is 7.04. The average Bonchev–Trinajstić information content (AvgIpc) is 2.30. The van der Waals surface area contributed by atoms with Crippen LogP contribution in [-0.2, 0) is 13.1 Å². The van der Waals surface area contributed by atoms with Crippen molar-refractivity contribution >= 4 is 12.4 Å². The summed E-state index contributed by atoms with van der Waals surface area (Å²) in [5.74, 6) is 0.329. The summed E-state index contributed by atoms with van der Waals surface area (Å²) >= 11 is 0. The van der Waals surface area contributed by atoms with Gasteiger partial charge in [-0.1, -0.05) is 42.5 Å². The Hall–Kier alpha value is -1.51. The van der Waals surface area contributed by atoms with Crippen molar-refractivity contribution in [1.82, 2.24) is 4.90 Å². The summed E-state index contributed by atoms with van der Waals surface area (Å²) in [6, 6.07) is 17.8. The van der Waals surface area contributed by atoms with Gasteiger partial charge in [0.1, 0.15) is 5.75 Å². The average molecular weight is 264 g/mol. The predicted molar refractivity (Wildman–Crippen MR) is 77.0 cm³/mol. The van der Waals surface area contributed by atoms with E-state index in [1.165, 1.54) is 5.56 Å². The highest BCUT2D eigenvalue weighted by atomic mass is 35.5. The molecule has 2 aromatic carbocycles. The van der Waals surface area contributed by atoms with Crippen LogP contribution < -0.4 is 0 Å². The van der Waals surface area contributed by atoms with Crippen LogP contribution >= 0.6 is 12.4 Å². The standard InChI is InChI=1S/C15H17NO.ClH/c1-16(11-13-6-3-2-4-7-13)12-14-8-5-9-15(17)10-14;/h2-10,17H,11-12H2,1H3;1H. The highest BCUT2D eigenvalue weighted by molar-refractivity contribution is 5.85. The Balaban J connectivity index is 0.00000162. The Morgan fingerprint density at radius 1 is 0.889 bits per heavy atom. The van der Waals surface area contributed by atoms with Crippen LogP contribution in [0.25, 0.3) is 0 Å². The lowest BCUT2D eigenvalue weighted by atomic mass is 10.2. The zero-order valence-electron chi connectivity index (χ0n) is 10.4. The van der Waals surface area contributed by atoms with Gasteiger partial charge in [0.25, 0.3) is 0 Å². The third kappa shape index (κ3) is 4.40. The van der Waals surface area contributed by atoms with Gasteiger partial charge in [-0.15, -0.1) is 12.4 Å². The van der Waals surface area contributed by atoms with Gasteiger partial charge in [-0.3, -0.25) is 4.90 Å². The molecule has 0 heterocycles. The molecule has 18 heavy (non-hydrogen) atoms. The van der Waals surface area contributed by atoms with Gasteiger partial charge in [-0.05, 0) is 30.3 Å². The summed E-state index contributed by atoms with van der Waals surface area (Å²) in [7, 11) is 2.08. The van der Waals surface area contributed by atoms with Crippen molar-refractivity contribution in [3.05, 3.63) is 65.7 Å². The van der Waals surface area contributed by atoms with E-state index < -0.39 is 0 Å². The van der Waals surface area contributed by atoms with E-state index in [1.54, 1.807) is 6.07 Å². The van der Waals surface area contributed by atoms with E-state index in [0.29, 0.717) is 5.75 Å². The molecule has 0 aliphatic rings. The molecule has 2 aromatic rings. The maximum atomic E-state index is 9.40. The summed E-state index contributed by atoms with van der Waals surface area (Å²) in [4.78, 5) is 2.23. The van der Waals surface area contributed by atoms with E-state index in [4.69, 9.17) is 0 Å². The van der Waals surface area contributed by atoms with Crippen LogP contribution in [0, 0.1) is 0 Å². The molecule has 0 aliphatic heterocycles. The second-order valence-electron chi connectivity index (χ2n) is 4.33. The van der Waals surface area contributed by atoms with Crippen molar-refractivity contribution in [3.8, 4) is 5.75 Å². The van der Waals surface area contributed by atoms with Crippen molar-refractivity contribution in [1.29, 1.82) is 0 Å². The highest BCUT2D eigenvalue weighted by Gasteiger charge is 2.02. The lowest BCUT2D eigenvalue weighted by Gasteiger charge is -2.16. The minimum absolute atomic E-state index is 0. The second-order valence-corrected chi connectivity index (χ2v) is 4.33. The molecule has 3 heteroatoms. The van der Waals surface area contributed by atoms with E-state index in [-0.39, 0.29) is 12.4 Å². The molecule has 0 saturated carbocycles. The predicted octanol–water partition coefficient (Wildman–Crippen LogP) is 3.45. The summed E-state index contributed by atoms with van der Waals surface area (Å²) in [6.07, 6.45) is 0. The first-order valence-electron chi connectivity index (χ1n) is 5.74. The van der Waals surface area contributed by atoms with Crippen LogP contribution in [0.2, 0.25) is 0 Å². The summed E-state index contributed by atoms with van der Waals surface area (Å²) in [5.41, 5.74) is 2.43. The first-order chi connectivity index (χ1) is 8.24. The Kier molecular flexibility index (Phi) is 5.69. The first-order valence-corrected chi connectivity index (χ1v) is 5.74. The van der Waals surface area contributed by atoms with E-state index in [0.717, 1.165) is 18.7 Å². The lowest BCUT2D eigenvalue weighted by Crippen LogP contribution is -2.17. The molecule has 96 valence electrons. The zero-order valence-corrected chi connectivity index (χ0v) is 11.2. The van der Waals surface area contributed by atoms with Crippen molar-refractivity contribution in [2.75, 3.05) is 7.05 Å². The third-order valence-corrected chi connectivity index (χ3v) is 2.66. The summed E-state index contributed by atoms with van der Waals surface area (Å²) < 4.78 is 0. The van der Waals surface area contributed by atoms with E-state index in [1.807, 2.05) is 24.3 Å². The Morgan fingerprint density at radius 2 is 1.50 bits per heavy atom. The fourth-order valence-corrected chi connectivity index (χ4v) is 1.92. The highest BCUT2D eigenvalue weighted by Crippen LogP contribution is 2.13. The van der Waals surface area contributed by atoms with Crippen LogP contribution in [0.15, 0.2) is 54.6 Å². The molecule has 0 fully saturated rings. The third-order valence-electron chi connectivity index (χ3n) is 2.66. The number of hydrogen-bond donors (Lipinski definition) is 1. The number of hydrogen-bond acceptors (Lipinski definition) is 2. The minimum Gasteiger partial charge on any atom is -0.508 e. The van der Waals surface area contributed by atoms with E-state index >= 15 is 0 Å². The minimum atomic E-state index is 0. The van der Waals surface area contributed by atoms with Gasteiger partial charge >= 0.3 is 0 Å². The molecule has 0 spiro atoms. The zero-order chi connectivity index (χ0) is 12.1. The molecule has 0 atom stereocenters. The number of benzene rings is 2. The number of phenols is 1. The van der Waals surface area contributed by atoms with Gasteiger partial charge in [-0.2, -0.15) is 0 Å². The molecular weight excluding hydrogens is 246 g/mol. The van der Waals surface area contributed by atoms with Crippen molar-refractivity contribution in [3.63, 3.8) is 0 Å². The number of nitrogens with zero attached hydrogens (tertiary/aromatic N) is 1. The van der Waals surface area contributed by atoms with Gasteiger partial charge in [0.15, 0.2) is 0 Å². The smallest absolute Gasteiger partial charge is 0.115 e. The van der Waals surface area contributed by atoms with Crippen molar-refractivity contribution in [2.45, 2.75) is 13.1 Å². The van der Waals surface area contributed by atoms with Gasteiger partial charge in [-0.25, -0.2) is 0 Å². The Morgan fingerprint density at radius 3 is 2.17 bits per heavy atom. The van der Waals surface area contributed by atoms with Gasteiger partial charge < -0.3 is 5.11 Å². The van der Waals surface area contributed by atoms with Crippen LogP contribution in [-0.4, -0.2) is 17.1 Å². The first kappa shape index (κ1) is 14.6. The van der Waals surface area contributed by atoms with Crippen LogP contribution in [0.1, 0.15) is 11.1 Å². The Labute approximate surface area is 114 Å². The normalized spacial score (nSPS) is 10.1. The number of halogens is 1. The van der Waals surface area contributed by atoms with E-state index in [9.17, 15) is 5.11 Å². The number of rotatable bonds is 4. The molecule has 2 nitrogen and oxygen atoms in total. The molecule has 0 unspecified atom stereocenters. The molecule has 0 aromatic heterocycles. The number of aromatic hydroxyl groups is 1. The maximum absolute atomic E-state index is 9.40.